The second-order valence-corrected chi connectivity index (χ2v) is 3.85. The molecule has 1 aliphatic rings. The zero-order valence-corrected chi connectivity index (χ0v) is 12.9. The minimum absolute atomic E-state index is 0.0290. The molecule has 0 radical (unpaired) electrons. The highest BCUT2D eigenvalue weighted by molar-refractivity contribution is 5.98. The average Bonchev–Trinajstić information content (AvgIpc) is 2.82. The summed E-state index contributed by atoms with van der Waals surface area (Å²) in [5.74, 6) is -0.0290. The van der Waals surface area contributed by atoms with Gasteiger partial charge in [0.15, 0.2) is 0 Å². The molecule has 3 rings (SSSR count). The van der Waals surface area contributed by atoms with Crippen LogP contribution in [0.1, 0.15) is 49.4 Å². The summed E-state index contributed by atoms with van der Waals surface area (Å²) in [6, 6.07) is 7.56. The molecule has 0 spiro atoms. The molecule has 2 heterocycles. The zero-order valence-electron chi connectivity index (χ0n) is 12.9. The topological polar surface area (TPSA) is 46.9 Å². The van der Waals surface area contributed by atoms with Gasteiger partial charge in [-0.2, -0.15) is 0 Å². The first-order chi connectivity index (χ1) is 9.77. The summed E-state index contributed by atoms with van der Waals surface area (Å²) in [7, 11) is 0. The van der Waals surface area contributed by atoms with Crippen LogP contribution in [0.15, 0.2) is 30.6 Å². The quantitative estimate of drug-likeness (QED) is 0.799. The van der Waals surface area contributed by atoms with Gasteiger partial charge in [-0.05, 0) is 19.1 Å². The predicted molar refractivity (Wildman–Crippen MR) is 82.2 cm³/mol. The number of imidazole rings is 1. The molecule has 108 valence electrons. The van der Waals surface area contributed by atoms with E-state index >= 15 is 0 Å². The third-order valence-electron chi connectivity index (χ3n) is 2.90. The lowest BCUT2D eigenvalue weighted by molar-refractivity contribution is 0.0953. The van der Waals surface area contributed by atoms with E-state index in [1.165, 1.54) is 0 Å². The minimum Gasteiger partial charge on any atom is -0.346 e. The van der Waals surface area contributed by atoms with Crippen molar-refractivity contribution in [3.8, 4) is 5.69 Å². The number of hydrogen-bond acceptors (Lipinski definition) is 2. The van der Waals surface area contributed by atoms with Gasteiger partial charge in [0.1, 0.15) is 0 Å². The molecule has 1 aromatic carbocycles. The van der Waals surface area contributed by atoms with E-state index in [-0.39, 0.29) is 5.91 Å². The van der Waals surface area contributed by atoms with Crippen molar-refractivity contribution < 1.29 is 4.79 Å². The highest BCUT2D eigenvalue weighted by atomic mass is 16.1. The number of hydrogen-bond donors (Lipinski definition) is 1. The van der Waals surface area contributed by atoms with Crippen molar-refractivity contribution in [2.75, 3.05) is 0 Å². The van der Waals surface area contributed by atoms with E-state index in [1.807, 2.05) is 63.5 Å². The van der Waals surface area contributed by atoms with Crippen molar-refractivity contribution in [2.45, 2.75) is 41.2 Å². The lowest BCUT2D eigenvalue weighted by Crippen LogP contribution is -2.21. The molecule has 0 saturated heterocycles. The van der Waals surface area contributed by atoms with Crippen LogP contribution in [0.25, 0.3) is 5.69 Å². The third kappa shape index (κ3) is 2.90. The maximum Gasteiger partial charge on any atom is 0.253 e. The number of para-hydroxylation sites is 1. The number of benzene rings is 1. The van der Waals surface area contributed by atoms with Crippen LogP contribution >= 0.6 is 0 Å². The van der Waals surface area contributed by atoms with Gasteiger partial charge in [-0.15, -0.1) is 0 Å². The van der Waals surface area contributed by atoms with Gasteiger partial charge >= 0.3 is 0 Å². The minimum atomic E-state index is -0.0290. The zero-order chi connectivity index (χ0) is 15.1. The molecule has 0 bridgehead atoms. The molecule has 0 saturated carbocycles. The first-order valence-corrected chi connectivity index (χ1v) is 7.18. The third-order valence-corrected chi connectivity index (χ3v) is 2.90. The van der Waals surface area contributed by atoms with Gasteiger partial charge in [-0.25, -0.2) is 4.98 Å². The normalized spacial score (nSPS) is 11.6. The fourth-order valence-electron chi connectivity index (χ4n) is 2.02. The van der Waals surface area contributed by atoms with E-state index in [9.17, 15) is 4.79 Å². The molecule has 0 atom stereocenters. The number of amides is 1. The molecule has 2 aromatic rings. The van der Waals surface area contributed by atoms with Crippen LogP contribution in [-0.2, 0) is 6.54 Å². The van der Waals surface area contributed by atoms with Crippen LogP contribution in [0, 0.1) is 6.92 Å². The van der Waals surface area contributed by atoms with E-state index < -0.39 is 0 Å². The number of carbonyl (C=O) groups is 1. The second kappa shape index (κ2) is 7.48. The molecular formula is C16H23N3O. The molecule has 4 heteroatoms. The summed E-state index contributed by atoms with van der Waals surface area (Å²) >= 11 is 0. The molecule has 20 heavy (non-hydrogen) atoms. The molecular weight excluding hydrogens is 250 g/mol. The highest BCUT2D eigenvalue weighted by Gasteiger charge is 2.20. The van der Waals surface area contributed by atoms with Gasteiger partial charge in [0.25, 0.3) is 5.91 Å². The largest absolute Gasteiger partial charge is 0.346 e. The van der Waals surface area contributed by atoms with Crippen LogP contribution in [0.5, 0.6) is 0 Å². The monoisotopic (exact) mass is 273 g/mol. The number of aryl methyl sites for hydroxylation is 1. The Bertz CT molecular complexity index is 573. The van der Waals surface area contributed by atoms with E-state index in [4.69, 9.17) is 0 Å². The van der Waals surface area contributed by atoms with Gasteiger partial charge < -0.3 is 9.88 Å². The SMILES string of the molecule is CC.CC.Cc1ncn2c1CNC(=O)c1ccccc1-2. The number of nitrogens with zero attached hydrogens (tertiary/aromatic N) is 2. The van der Waals surface area contributed by atoms with Crippen LogP contribution in [0.2, 0.25) is 0 Å². The maximum absolute atomic E-state index is 11.8. The Hall–Kier alpha value is -2.10. The van der Waals surface area contributed by atoms with Gasteiger partial charge in [0, 0.05) is 0 Å². The first kappa shape index (κ1) is 16.0. The molecule has 1 aliphatic heterocycles. The summed E-state index contributed by atoms with van der Waals surface area (Å²) in [6.45, 7) is 10.5. The smallest absolute Gasteiger partial charge is 0.253 e. The van der Waals surface area contributed by atoms with Crippen LogP contribution in [-0.4, -0.2) is 15.5 Å². The number of carbonyl (C=O) groups excluding carboxylic acids is 1. The van der Waals surface area contributed by atoms with Crippen LogP contribution < -0.4 is 5.32 Å². The summed E-state index contributed by atoms with van der Waals surface area (Å²) in [4.78, 5) is 16.1. The Kier molecular flexibility index (Phi) is 5.97. The molecule has 0 fully saturated rings. The van der Waals surface area contributed by atoms with Crippen molar-refractivity contribution in [3.05, 3.63) is 47.5 Å². The lowest BCUT2D eigenvalue weighted by Gasteiger charge is -2.06. The Morgan fingerprint density at radius 3 is 2.50 bits per heavy atom. The molecule has 1 N–H and O–H groups in total. The van der Waals surface area contributed by atoms with E-state index in [2.05, 4.69) is 10.3 Å². The van der Waals surface area contributed by atoms with Crippen molar-refractivity contribution in [1.29, 1.82) is 0 Å². The van der Waals surface area contributed by atoms with Gasteiger partial charge in [-0.3, -0.25) is 4.79 Å². The number of nitrogens with one attached hydrogen (secondary N) is 1. The predicted octanol–water partition coefficient (Wildman–Crippen LogP) is 3.48. The van der Waals surface area contributed by atoms with Gasteiger partial charge in [0.05, 0.1) is 35.5 Å². The standard InChI is InChI=1S/C12H11N3O.2C2H6/c1-8-11-6-13-12(16)9-4-2-3-5-10(9)15(11)7-14-8;2*1-2/h2-5,7H,6H2,1H3,(H,13,16);2*1-2H3. The average molecular weight is 273 g/mol. The van der Waals surface area contributed by atoms with Crippen molar-refractivity contribution in [2.24, 2.45) is 0 Å². The Morgan fingerprint density at radius 2 is 1.80 bits per heavy atom. The maximum atomic E-state index is 11.8. The lowest BCUT2D eigenvalue weighted by atomic mass is 10.1. The van der Waals surface area contributed by atoms with Crippen molar-refractivity contribution in [3.63, 3.8) is 0 Å². The van der Waals surface area contributed by atoms with E-state index in [1.54, 1.807) is 6.33 Å². The van der Waals surface area contributed by atoms with Gasteiger partial charge in [0.2, 0.25) is 0 Å². The molecule has 0 aliphatic carbocycles. The fourth-order valence-corrected chi connectivity index (χ4v) is 2.02. The fraction of sp³-hybridized carbons (Fsp3) is 0.375. The molecule has 1 aromatic heterocycles. The Labute approximate surface area is 120 Å². The van der Waals surface area contributed by atoms with E-state index in [0.29, 0.717) is 12.1 Å². The Morgan fingerprint density at radius 1 is 1.15 bits per heavy atom. The van der Waals surface area contributed by atoms with Crippen molar-refractivity contribution in [1.82, 2.24) is 14.9 Å². The first-order valence-electron chi connectivity index (χ1n) is 7.18. The molecule has 0 unspecified atom stereocenters. The number of aromatic nitrogens is 2. The summed E-state index contributed by atoms with van der Waals surface area (Å²) in [5.41, 5.74) is 3.59. The molecule has 1 amide bonds. The number of fused-ring (bicyclic) bond motifs is 3. The Balaban J connectivity index is 0.000000461. The summed E-state index contributed by atoms with van der Waals surface area (Å²) < 4.78 is 1.97. The molecule has 4 nitrogen and oxygen atoms in total. The summed E-state index contributed by atoms with van der Waals surface area (Å²) in [6.07, 6.45) is 1.77. The number of rotatable bonds is 0. The summed E-state index contributed by atoms with van der Waals surface area (Å²) in [5, 5.41) is 2.88. The van der Waals surface area contributed by atoms with Crippen LogP contribution in [0.3, 0.4) is 0 Å². The van der Waals surface area contributed by atoms with E-state index in [0.717, 1.165) is 17.1 Å². The second-order valence-electron chi connectivity index (χ2n) is 3.85. The van der Waals surface area contributed by atoms with Crippen molar-refractivity contribution >= 4 is 5.91 Å². The van der Waals surface area contributed by atoms with Gasteiger partial charge in [-0.1, -0.05) is 39.8 Å². The van der Waals surface area contributed by atoms with Crippen LogP contribution in [0.4, 0.5) is 0 Å². The highest BCUT2D eigenvalue weighted by Crippen LogP contribution is 2.21.